The van der Waals surface area contributed by atoms with Crippen LogP contribution in [0.15, 0.2) is 0 Å². The highest BCUT2D eigenvalue weighted by Gasteiger charge is 2.24. The molecule has 0 radical (unpaired) electrons. The average molecular weight is 359 g/mol. The largest absolute Gasteiger partial charge is 0.481 e. The fraction of sp³-hybridized carbons (Fsp3) is 0.833. The SMILES string of the molecule is CC(=O)O[C@@H](OC(=O)NC[C@@H](C[C@@H](C)CCC(C)C)C(=O)O)C(C)C. The van der Waals surface area contributed by atoms with Crippen molar-refractivity contribution in [2.24, 2.45) is 23.7 Å². The van der Waals surface area contributed by atoms with Gasteiger partial charge in [-0.25, -0.2) is 4.79 Å². The number of aliphatic carboxylic acids is 1. The van der Waals surface area contributed by atoms with Crippen LogP contribution >= 0.6 is 0 Å². The van der Waals surface area contributed by atoms with Gasteiger partial charge in [0, 0.05) is 19.4 Å². The fourth-order valence-corrected chi connectivity index (χ4v) is 2.31. The number of hydrogen-bond acceptors (Lipinski definition) is 5. The quantitative estimate of drug-likeness (QED) is 0.433. The van der Waals surface area contributed by atoms with Gasteiger partial charge in [0.1, 0.15) is 0 Å². The summed E-state index contributed by atoms with van der Waals surface area (Å²) in [5, 5.41) is 11.8. The molecule has 0 heterocycles. The summed E-state index contributed by atoms with van der Waals surface area (Å²) >= 11 is 0. The molecule has 0 saturated heterocycles. The van der Waals surface area contributed by atoms with E-state index in [1.165, 1.54) is 6.92 Å². The third kappa shape index (κ3) is 11.4. The van der Waals surface area contributed by atoms with Crippen molar-refractivity contribution in [2.45, 2.75) is 67.1 Å². The van der Waals surface area contributed by atoms with Crippen molar-refractivity contribution in [2.75, 3.05) is 6.54 Å². The first-order chi connectivity index (χ1) is 11.5. The fourth-order valence-electron chi connectivity index (χ4n) is 2.31. The molecule has 0 aromatic heterocycles. The van der Waals surface area contributed by atoms with Gasteiger partial charge < -0.3 is 19.9 Å². The smallest absolute Gasteiger partial charge is 0.410 e. The van der Waals surface area contributed by atoms with E-state index in [9.17, 15) is 19.5 Å². The van der Waals surface area contributed by atoms with E-state index in [2.05, 4.69) is 19.2 Å². The van der Waals surface area contributed by atoms with E-state index < -0.39 is 30.2 Å². The van der Waals surface area contributed by atoms with Crippen LogP contribution in [0.4, 0.5) is 4.79 Å². The molecule has 0 saturated carbocycles. The Morgan fingerprint density at radius 1 is 1.00 bits per heavy atom. The summed E-state index contributed by atoms with van der Waals surface area (Å²) in [7, 11) is 0. The van der Waals surface area contributed by atoms with Crippen molar-refractivity contribution >= 4 is 18.0 Å². The van der Waals surface area contributed by atoms with Crippen LogP contribution in [0.1, 0.15) is 60.8 Å². The minimum Gasteiger partial charge on any atom is -0.481 e. The first-order valence-corrected chi connectivity index (χ1v) is 8.87. The van der Waals surface area contributed by atoms with Gasteiger partial charge in [0.2, 0.25) is 0 Å². The molecule has 0 unspecified atom stereocenters. The van der Waals surface area contributed by atoms with Crippen LogP contribution in [0.5, 0.6) is 0 Å². The number of alkyl carbamates (subject to hydrolysis) is 1. The van der Waals surface area contributed by atoms with Crippen LogP contribution in [-0.4, -0.2) is 36.0 Å². The van der Waals surface area contributed by atoms with Gasteiger partial charge in [-0.3, -0.25) is 9.59 Å². The van der Waals surface area contributed by atoms with Gasteiger partial charge in [0.25, 0.3) is 6.29 Å². The number of nitrogens with one attached hydrogen (secondary N) is 1. The molecule has 0 aromatic rings. The molecule has 7 heteroatoms. The number of carboxylic acid groups (broad SMARTS) is 1. The number of amides is 1. The summed E-state index contributed by atoms with van der Waals surface area (Å²) in [4.78, 5) is 34.3. The van der Waals surface area contributed by atoms with Gasteiger partial charge in [0.15, 0.2) is 0 Å². The maximum atomic E-state index is 11.8. The van der Waals surface area contributed by atoms with E-state index in [0.29, 0.717) is 12.3 Å². The first-order valence-electron chi connectivity index (χ1n) is 8.87. The van der Waals surface area contributed by atoms with E-state index in [-0.39, 0.29) is 18.4 Å². The summed E-state index contributed by atoms with van der Waals surface area (Å²) < 4.78 is 9.97. The lowest BCUT2D eigenvalue weighted by Gasteiger charge is -2.22. The summed E-state index contributed by atoms with van der Waals surface area (Å²) in [5.41, 5.74) is 0. The maximum absolute atomic E-state index is 11.8. The minimum absolute atomic E-state index is 0.0227. The van der Waals surface area contributed by atoms with Crippen LogP contribution in [0.25, 0.3) is 0 Å². The average Bonchev–Trinajstić information content (AvgIpc) is 2.47. The van der Waals surface area contributed by atoms with Crippen molar-refractivity contribution < 1.29 is 29.0 Å². The number of carbonyl (C=O) groups excluding carboxylic acids is 2. The van der Waals surface area contributed by atoms with E-state index in [1.807, 2.05) is 6.92 Å². The molecule has 0 spiro atoms. The molecule has 0 fully saturated rings. The molecule has 0 rings (SSSR count). The predicted molar refractivity (Wildman–Crippen MR) is 93.9 cm³/mol. The van der Waals surface area contributed by atoms with Crippen molar-refractivity contribution in [3.8, 4) is 0 Å². The normalized spacial score (nSPS) is 14.7. The van der Waals surface area contributed by atoms with Crippen LogP contribution in [-0.2, 0) is 19.1 Å². The molecule has 0 aliphatic rings. The molecule has 0 bridgehead atoms. The van der Waals surface area contributed by atoms with E-state index in [4.69, 9.17) is 9.47 Å². The summed E-state index contributed by atoms with van der Waals surface area (Å²) in [6, 6.07) is 0. The van der Waals surface area contributed by atoms with Crippen LogP contribution < -0.4 is 5.32 Å². The lowest BCUT2D eigenvalue weighted by Crippen LogP contribution is -2.38. The number of esters is 1. The van der Waals surface area contributed by atoms with Gasteiger partial charge in [-0.1, -0.05) is 47.5 Å². The highest BCUT2D eigenvalue weighted by atomic mass is 16.7. The third-order valence-electron chi connectivity index (χ3n) is 3.82. The Hall–Kier alpha value is -1.79. The summed E-state index contributed by atoms with van der Waals surface area (Å²) in [6.07, 6.45) is 0.696. The molecule has 0 aliphatic carbocycles. The summed E-state index contributed by atoms with van der Waals surface area (Å²) in [5.74, 6) is -1.55. The number of hydrogen-bond donors (Lipinski definition) is 2. The highest BCUT2D eigenvalue weighted by molar-refractivity contribution is 5.72. The van der Waals surface area contributed by atoms with Gasteiger partial charge in [-0.15, -0.1) is 0 Å². The standard InChI is InChI=1S/C18H33NO6/c1-11(2)7-8-13(5)9-15(16(21)22)10-19-18(23)25-17(12(3)4)24-14(6)20/h11-13,15,17H,7-10H2,1-6H3,(H,19,23)(H,21,22)/t13-,15+,17-/m0/s1. The topological polar surface area (TPSA) is 102 Å². The Balaban J connectivity index is 4.47. The van der Waals surface area contributed by atoms with Crippen molar-refractivity contribution in [3.63, 3.8) is 0 Å². The van der Waals surface area contributed by atoms with Gasteiger partial charge in [0.05, 0.1) is 5.92 Å². The van der Waals surface area contributed by atoms with E-state index in [0.717, 1.165) is 12.8 Å². The summed E-state index contributed by atoms with van der Waals surface area (Å²) in [6.45, 7) is 11.0. The molecule has 0 aliphatic heterocycles. The monoisotopic (exact) mass is 359 g/mol. The van der Waals surface area contributed by atoms with Crippen molar-refractivity contribution in [3.05, 3.63) is 0 Å². The molecule has 7 nitrogen and oxygen atoms in total. The Bertz CT molecular complexity index is 435. The number of rotatable bonds is 11. The van der Waals surface area contributed by atoms with Gasteiger partial charge in [-0.05, 0) is 18.3 Å². The minimum atomic E-state index is -0.995. The second-order valence-electron chi connectivity index (χ2n) is 7.36. The third-order valence-corrected chi connectivity index (χ3v) is 3.82. The van der Waals surface area contributed by atoms with Crippen molar-refractivity contribution in [1.82, 2.24) is 5.32 Å². The van der Waals surface area contributed by atoms with Crippen LogP contribution in [0, 0.1) is 23.7 Å². The number of carboxylic acids is 1. The lowest BCUT2D eigenvalue weighted by molar-refractivity contribution is -0.172. The molecular formula is C18H33NO6. The molecule has 25 heavy (non-hydrogen) atoms. The molecule has 0 aromatic carbocycles. The Labute approximate surface area is 150 Å². The zero-order valence-corrected chi connectivity index (χ0v) is 16.2. The lowest BCUT2D eigenvalue weighted by atomic mass is 9.90. The second kappa shape index (κ2) is 11.7. The zero-order chi connectivity index (χ0) is 19.6. The second-order valence-corrected chi connectivity index (χ2v) is 7.36. The molecule has 3 atom stereocenters. The molecule has 2 N–H and O–H groups in total. The zero-order valence-electron chi connectivity index (χ0n) is 16.2. The molecule has 1 amide bonds. The van der Waals surface area contributed by atoms with Crippen molar-refractivity contribution in [1.29, 1.82) is 0 Å². The van der Waals surface area contributed by atoms with Gasteiger partial charge >= 0.3 is 18.0 Å². The number of ether oxygens (including phenoxy) is 2. The first kappa shape index (κ1) is 23.2. The maximum Gasteiger partial charge on any atom is 0.410 e. The highest BCUT2D eigenvalue weighted by Crippen LogP contribution is 2.20. The van der Waals surface area contributed by atoms with E-state index in [1.54, 1.807) is 13.8 Å². The Kier molecular flexibility index (Phi) is 10.9. The number of carbonyl (C=O) groups is 3. The van der Waals surface area contributed by atoms with Gasteiger partial charge in [-0.2, -0.15) is 0 Å². The van der Waals surface area contributed by atoms with Crippen LogP contribution in [0.3, 0.4) is 0 Å². The Morgan fingerprint density at radius 3 is 2.04 bits per heavy atom. The Morgan fingerprint density at radius 2 is 1.60 bits per heavy atom. The molecule has 146 valence electrons. The molecular weight excluding hydrogens is 326 g/mol. The van der Waals surface area contributed by atoms with E-state index >= 15 is 0 Å². The predicted octanol–water partition coefficient (Wildman–Crippen LogP) is 3.42. The van der Waals surface area contributed by atoms with Crippen LogP contribution in [0.2, 0.25) is 0 Å².